The van der Waals surface area contributed by atoms with Gasteiger partial charge in [0.05, 0.1) is 11.2 Å². The molecule has 0 radical (unpaired) electrons. The number of aromatic amines is 1. The quantitative estimate of drug-likeness (QED) is 0.663. The van der Waals surface area contributed by atoms with Crippen molar-refractivity contribution in [2.45, 2.75) is 6.92 Å². The fraction of sp³-hybridized carbons (Fsp3) is 0.0909. The molecule has 0 bridgehead atoms. The molecule has 0 fully saturated rings. The summed E-state index contributed by atoms with van der Waals surface area (Å²) < 4.78 is 10.3. The molecule has 0 saturated carbocycles. The molecule has 6 heteroatoms. The summed E-state index contributed by atoms with van der Waals surface area (Å²) in [7, 11) is 0. The van der Waals surface area contributed by atoms with Gasteiger partial charge >= 0.3 is 5.76 Å². The van der Waals surface area contributed by atoms with E-state index in [0.29, 0.717) is 22.6 Å². The van der Waals surface area contributed by atoms with Crippen LogP contribution in [0.5, 0.6) is 0 Å². The van der Waals surface area contributed by atoms with Crippen molar-refractivity contribution in [3.8, 4) is 11.3 Å². The van der Waals surface area contributed by atoms with Gasteiger partial charge in [0.2, 0.25) is 0 Å². The van der Waals surface area contributed by atoms with Gasteiger partial charge in [-0.2, -0.15) is 4.98 Å². The molecule has 0 atom stereocenters. The van der Waals surface area contributed by atoms with Crippen LogP contribution in [0.25, 0.3) is 22.4 Å². The number of aryl methyl sites for hydroxylation is 1. The molecule has 86 valence electrons. The highest BCUT2D eigenvalue weighted by molar-refractivity contribution is 5.79. The van der Waals surface area contributed by atoms with Gasteiger partial charge in [-0.3, -0.25) is 4.98 Å². The zero-order valence-corrected chi connectivity index (χ0v) is 8.98. The Kier molecular flexibility index (Phi) is 1.85. The van der Waals surface area contributed by atoms with E-state index in [1.165, 1.54) is 0 Å². The molecule has 0 aliphatic carbocycles. The van der Waals surface area contributed by atoms with Gasteiger partial charge in [0.25, 0.3) is 6.01 Å². The van der Waals surface area contributed by atoms with Crippen molar-refractivity contribution < 1.29 is 8.83 Å². The van der Waals surface area contributed by atoms with Gasteiger partial charge in [-0.1, -0.05) is 0 Å². The standard InChI is InChI=1S/C11H9N3O3/c1-5-9(17-10(12)13-5)6-2-3-7-8(4-6)16-11(15)14-7/h2-4H,1H3,(H2,12,13)(H,14,15). The maximum absolute atomic E-state index is 11.0. The minimum Gasteiger partial charge on any atom is -0.423 e. The highest BCUT2D eigenvalue weighted by Gasteiger charge is 2.11. The Balaban J connectivity index is 2.23. The molecular formula is C11H9N3O3. The third-order valence-electron chi connectivity index (χ3n) is 2.50. The number of fused-ring (bicyclic) bond motifs is 1. The number of H-pyrrole nitrogens is 1. The van der Waals surface area contributed by atoms with E-state index in [2.05, 4.69) is 9.97 Å². The van der Waals surface area contributed by atoms with E-state index in [9.17, 15) is 4.79 Å². The van der Waals surface area contributed by atoms with Crippen molar-refractivity contribution in [3.63, 3.8) is 0 Å². The van der Waals surface area contributed by atoms with E-state index in [-0.39, 0.29) is 6.01 Å². The Labute approximate surface area is 95.1 Å². The van der Waals surface area contributed by atoms with Gasteiger partial charge in [0.1, 0.15) is 0 Å². The molecule has 2 aromatic heterocycles. The third kappa shape index (κ3) is 1.50. The fourth-order valence-electron chi connectivity index (χ4n) is 1.77. The molecule has 2 heterocycles. The summed E-state index contributed by atoms with van der Waals surface area (Å²) in [6.45, 7) is 1.80. The Morgan fingerprint density at radius 1 is 1.35 bits per heavy atom. The maximum Gasteiger partial charge on any atom is 0.417 e. The summed E-state index contributed by atoms with van der Waals surface area (Å²) in [6.07, 6.45) is 0. The molecule has 0 amide bonds. The molecule has 0 spiro atoms. The van der Waals surface area contributed by atoms with Gasteiger partial charge in [0.15, 0.2) is 11.3 Å². The van der Waals surface area contributed by atoms with Crippen molar-refractivity contribution in [1.82, 2.24) is 9.97 Å². The van der Waals surface area contributed by atoms with Gasteiger partial charge in [-0.05, 0) is 25.1 Å². The second kappa shape index (κ2) is 3.24. The number of nitrogens with two attached hydrogens (primary N) is 1. The van der Waals surface area contributed by atoms with Crippen LogP contribution in [0, 0.1) is 6.92 Å². The van der Waals surface area contributed by atoms with Crippen LogP contribution in [0.4, 0.5) is 6.01 Å². The van der Waals surface area contributed by atoms with Crippen LogP contribution in [-0.2, 0) is 0 Å². The second-order valence-corrected chi connectivity index (χ2v) is 3.69. The predicted octanol–water partition coefficient (Wildman–Crippen LogP) is 1.67. The Hall–Kier alpha value is -2.50. The number of oxazole rings is 2. The lowest BCUT2D eigenvalue weighted by atomic mass is 10.1. The predicted molar refractivity (Wildman–Crippen MR) is 61.5 cm³/mol. The van der Waals surface area contributed by atoms with E-state index < -0.39 is 5.76 Å². The van der Waals surface area contributed by atoms with Crippen molar-refractivity contribution in [2.24, 2.45) is 0 Å². The monoisotopic (exact) mass is 231 g/mol. The number of nitrogens with zero attached hydrogens (tertiary/aromatic N) is 1. The number of aromatic nitrogens is 2. The summed E-state index contributed by atoms with van der Waals surface area (Å²) in [5.74, 6) is 0.0965. The molecule has 3 rings (SSSR count). The SMILES string of the molecule is Cc1nc(N)oc1-c1ccc2[nH]c(=O)oc2c1. The molecule has 17 heavy (non-hydrogen) atoms. The molecule has 0 aliphatic rings. The average Bonchev–Trinajstić information content (AvgIpc) is 2.78. The smallest absolute Gasteiger partial charge is 0.417 e. The Bertz CT molecular complexity index is 751. The number of benzene rings is 1. The third-order valence-corrected chi connectivity index (χ3v) is 2.50. The number of anilines is 1. The lowest BCUT2D eigenvalue weighted by molar-refractivity contribution is 0.555. The summed E-state index contributed by atoms with van der Waals surface area (Å²) in [4.78, 5) is 17.6. The van der Waals surface area contributed by atoms with Gasteiger partial charge in [-0.15, -0.1) is 0 Å². The second-order valence-electron chi connectivity index (χ2n) is 3.69. The van der Waals surface area contributed by atoms with Crippen LogP contribution in [0.3, 0.4) is 0 Å². The molecule has 1 aromatic carbocycles. The Morgan fingerprint density at radius 3 is 2.88 bits per heavy atom. The summed E-state index contributed by atoms with van der Waals surface area (Å²) in [6, 6.07) is 5.38. The van der Waals surface area contributed by atoms with Crippen molar-refractivity contribution >= 4 is 17.1 Å². The van der Waals surface area contributed by atoms with Crippen LogP contribution >= 0.6 is 0 Å². The minimum absolute atomic E-state index is 0.119. The van der Waals surface area contributed by atoms with E-state index in [4.69, 9.17) is 14.6 Å². The summed E-state index contributed by atoms with van der Waals surface area (Å²) in [5, 5.41) is 0. The number of rotatable bonds is 1. The van der Waals surface area contributed by atoms with E-state index >= 15 is 0 Å². The van der Waals surface area contributed by atoms with E-state index in [0.717, 1.165) is 5.56 Å². The Morgan fingerprint density at radius 2 is 2.18 bits per heavy atom. The van der Waals surface area contributed by atoms with Crippen LogP contribution in [-0.4, -0.2) is 9.97 Å². The lowest BCUT2D eigenvalue weighted by Gasteiger charge is -1.96. The molecule has 3 N–H and O–H groups in total. The largest absolute Gasteiger partial charge is 0.423 e. The van der Waals surface area contributed by atoms with Crippen LogP contribution < -0.4 is 11.5 Å². The lowest BCUT2D eigenvalue weighted by Crippen LogP contribution is -1.92. The number of hydrogen-bond donors (Lipinski definition) is 2. The first-order valence-electron chi connectivity index (χ1n) is 4.99. The first-order chi connectivity index (χ1) is 8.13. The van der Waals surface area contributed by atoms with Crippen LogP contribution in [0.1, 0.15) is 5.69 Å². The zero-order valence-electron chi connectivity index (χ0n) is 8.98. The van der Waals surface area contributed by atoms with Gasteiger partial charge in [-0.25, -0.2) is 4.79 Å². The fourth-order valence-corrected chi connectivity index (χ4v) is 1.77. The average molecular weight is 231 g/mol. The van der Waals surface area contributed by atoms with Crippen molar-refractivity contribution in [2.75, 3.05) is 5.73 Å². The number of nitrogen functional groups attached to an aromatic ring is 1. The van der Waals surface area contributed by atoms with Crippen molar-refractivity contribution in [1.29, 1.82) is 0 Å². The van der Waals surface area contributed by atoms with Crippen molar-refractivity contribution in [3.05, 3.63) is 34.4 Å². The highest BCUT2D eigenvalue weighted by atomic mass is 16.4. The minimum atomic E-state index is -0.481. The topological polar surface area (TPSA) is 98.0 Å². The van der Waals surface area contributed by atoms with Gasteiger partial charge < -0.3 is 14.6 Å². The number of hydrogen-bond acceptors (Lipinski definition) is 5. The van der Waals surface area contributed by atoms with Crippen LogP contribution in [0.2, 0.25) is 0 Å². The number of nitrogens with one attached hydrogen (secondary N) is 1. The van der Waals surface area contributed by atoms with Gasteiger partial charge in [0, 0.05) is 5.56 Å². The molecule has 0 aliphatic heterocycles. The highest BCUT2D eigenvalue weighted by Crippen LogP contribution is 2.27. The molecule has 0 unspecified atom stereocenters. The molecule has 6 nitrogen and oxygen atoms in total. The first kappa shape index (κ1) is 9.71. The normalized spacial score (nSPS) is 11.1. The zero-order chi connectivity index (χ0) is 12.0. The van der Waals surface area contributed by atoms with E-state index in [1.54, 1.807) is 25.1 Å². The van der Waals surface area contributed by atoms with E-state index in [1.807, 2.05) is 0 Å². The maximum atomic E-state index is 11.0. The summed E-state index contributed by atoms with van der Waals surface area (Å²) in [5.41, 5.74) is 8.05. The molecule has 0 saturated heterocycles. The molecule has 3 aromatic rings. The first-order valence-corrected chi connectivity index (χ1v) is 4.99. The summed E-state index contributed by atoms with van der Waals surface area (Å²) >= 11 is 0. The van der Waals surface area contributed by atoms with Crippen LogP contribution in [0.15, 0.2) is 31.8 Å². The molecular weight excluding hydrogens is 222 g/mol.